The van der Waals surface area contributed by atoms with Crippen LogP contribution in [0, 0.1) is 0 Å². The van der Waals surface area contributed by atoms with E-state index in [-0.39, 0.29) is 0 Å². The van der Waals surface area contributed by atoms with Crippen LogP contribution in [0.1, 0.15) is 6.92 Å². The van der Waals surface area contributed by atoms with Crippen LogP contribution in [0.2, 0.25) is 0 Å². The number of ether oxygens (including phenoxy) is 1. The van der Waals surface area contributed by atoms with Gasteiger partial charge in [0, 0.05) is 12.4 Å². The summed E-state index contributed by atoms with van der Waals surface area (Å²) in [6, 6.07) is 0. The van der Waals surface area contributed by atoms with E-state index in [4.69, 9.17) is 4.74 Å². The van der Waals surface area contributed by atoms with Crippen LogP contribution >= 0.6 is 12.8 Å². The molecule has 0 aromatic carbocycles. The molecule has 1 rings (SSSR count). The molecule has 0 N–H and O–H groups in total. The second kappa shape index (κ2) is 5.39. The van der Waals surface area contributed by atoms with Crippen molar-refractivity contribution in [3.63, 3.8) is 0 Å². The van der Waals surface area contributed by atoms with Crippen molar-refractivity contribution >= 4 is 18.9 Å². The number of carbonyl (C=O) groups excluding carboxylic acids is 1. The number of nitrogens with zero attached hydrogens (tertiary/aromatic N) is 2. The molecule has 1 heterocycles. The van der Waals surface area contributed by atoms with Crippen molar-refractivity contribution in [3.8, 4) is 0 Å². The van der Waals surface area contributed by atoms with Crippen molar-refractivity contribution < 1.29 is 9.53 Å². The average Bonchev–Trinajstić information content (AvgIpc) is 2.45. The van der Waals surface area contributed by atoms with E-state index in [0.717, 1.165) is 4.41 Å². The molecule has 4 nitrogen and oxygen atoms in total. The normalized spacial score (nSPS) is 14.0. The van der Waals surface area contributed by atoms with E-state index >= 15 is 0 Å². The Balaban J connectivity index is 2.60. The maximum absolute atomic E-state index is 11.3. The van der Waals surface area contributed by atoms with Crippen molar-refractivity contribution in [1.29, 1.82) is 0 Å². The third kappa shape index (κ3) is 2.85. The molecule has 0 bridgehead atoms. The van der Waals surface area contributed by atoms with Crippen molar-refractivity contribution in [2.24, 2.45) is 0 Å². The lowest BCUT2D eigenvalue weighted by molar-refractivity contribution is 0.0959. The summed E-state index contributed by atoms with van der Waals surface area (Å²) in [5.41, 5.74) is 0. The Labute approximate surface area is 88.6 Å². The third-order valence-electron chi connectivity index (χ3n) is 1.46. The summed E-state index contributed by atoms with van der Waals surface area (Å²) in [5.74, 6) is 0. The first-order valence-corrected chi connectivity index (χ1v) is 4.61. The fourth-order valence-corrected chi connectivity index (χ4v) is 1.03. The zero-order chi connectivity index (χ0) is 10.4. The molecule has 0 atom stereocenters. The summed E-state index contributed by atoms with van der Waals surface area (Å²) < 4.78 is 5.87. The highest BCUT2D eigenvalue weighted by Crippen LogP contribution is 2.08. The van der Waals surface area contributed by atoms with Gasteiger partial charge in [0.25, 0.3) is 0 Å². The molecule has 1 aliphatic rings. The molecule has 0 radical (unpaired) electrons. The Kier molecular flexibility index (Phi) is 4.12. The predicted octanol–water partition coefficient (Wildman–Crippen LogP) is 2.10. The molecule has 0 saturated carbocycles. The maximum atomic E-state index is 11.3. The Morgan fingerprint density at radius 2 is 1.93 bits per heavy atom. The van der Waals surface area contributed by atoms with E-state index in [1.807, 2.05) is 12.2 Å². The number of carbonyl (C=O) groups is 1. The van der Waals surface area contributed by atoms with E-state index in [1.54, 1.807) is 31.5 Å². The molecule has 0 aromatic heterocycles. The van der Waals surface area contributed by atoms with Crippen LogP contribution in [0.4, 0.5) is 4.79 Å². The summed E-state index contributed by atoms with van der Waals surface area (Å²) in [6.45, 7) is 2.07. The van der Waals surface area contributed by atoms with E-state index < -0.39 is 6.09 Å². The maximum Gasteiger partial charge on any atom is 0.439 e. The predicted molar refractivity (Wildman–Crippen MR) is 57.1 cm³/mol. The van der Waals surface area contributed by atoms with E-state index in [0.29, 0.717) is 6.61 Å². The number of hydrogen-bond acceptors (Lipinski definition) is 4. The Hall–Kier alpha value is -1.36. The van der Waals surface area contributed by atoms with Crippen molar-refractivity contribution in [2.45, 2.75) is 6.92 Å². The fraction of sp³-hybridized carbons (Fsp3) is 0.222. The minimum atomic E-state index is -0.507. The molecular weight excluding hydrogens is 200 g/mol. The molecule has 1 aliphatic heterocycles. The lowest BCUT2D eigenvalue weighted by Crippen LogP contribution is -2.33. The standard InChI is InChI=1S/C9H12N2O2S/c1-2-13-9(12)11(14)10-7-5-3-4-6-8-10/h3-8,14H,2H2,1H3. The lowest BCUT2D eigenvalue weighted by Gasteiger charge is -2.24. The first-order chi connectivity index (χ1) is 6.75. The Morgan fingerprint density at radius 3 is 2.43 bits per heavy atom. The monoisotopic (exact) mass is 212 g/mol. The molecule has 14 heavy (non-hydrogen) atoms. The molecule has 0 unspecified atom stereocenters. The third-order valence-corrected chi connectivity index (χ3v) is 1.83. The van der Waals surface area contributed by atoms with Gasteiger partial charge in [-0.2, -0.15) is 4.41 Å². The van der Waals surface area contributed by atoms with E-state index in [9.17, 15) is 4.79 Å². The van der Waals surface area contributed by atoms with Gasteiger partial charge in [-0.05, 0) is 31.9 Å². The van der Waals surface area contributed by atoms with Crippen LogP contribution in [-0.2, 0) is 4.74 Å². The SMILES string of the molecule is CCOC(=O)N(S)N1C=CC=CC=C1. The van der Waals surface area contributed by atoms with Gasteiger partial charge in [0.2, 0.25) is 0 Å². The first kappa shape index (κ1) is 10.7. The molecule has 76 valence electrons. The van der Waals surface area contributed by atoms with Crippen LogP contribution in [0.15, 0.2) is 36.7 Å². The Morgan fingerprint density at radius 1 is 1.36 bits per heavy atom. The van der Waals surface area contributed by atoms with Gasteiger partial charge in [-0.15, -0.1) is 0 Å². The second-order valence-corrected chi connectivity index (χ2v) is 2.82. The number of hydrogen-bond donors (Lipinski definition) is 1. The van der Waals surface area contributed by atoms with Gasteiger partial charge in [-0.25, -0.2) is 4.79 Å². The highest BCUT2D eigenvalue weighted by Gasteiger charge is 2.14. The number of allylic oxidation sites excluding steroid dienone is 4. The first-order valence-electron chi connectivity index (χ1n) is 4.21. The van der Waals surface area contributed by atoms with E-state index in [2.05, 4.69) is 12.8 Å². The van der Waals surface area contributed by atoms with Crippen LogP contribution in [0.25, 0.3) is 0 Å². The van der Waals surface area contributed by atoms with Crippen molar-refractivity contribution in [3.05, 3.63) is 36.7 Å². The van der Waals surface area contributed by atoms with Crippen LogP contribution < -0.4 is 0 Å². The molecular formula is C9H12N2O2S. The van der Waals surface area contributed by atoms with Gasteiger partial charge in [0.15, 0.2) is 0 Å². The smallest absolute Gasteiger partial charge is 0.439 e. The zero-order valence-corrected chi connectivity index (χ0v) is 8.72. The molecule has 5 heteroatoms. The molecule has 1 amide bonds. The molecule has 0 saturated heterocycles. The highest BCUT2D eigenvalue weighted by molar-refractivity contribution is 7.78. The average molecular weight is 212 g/mol. The van der Waals surface area contributed by atoms with Gasteiger partial charge >= 0.3 is 6.09 Å². The quantitative estimate of drug-likeness (QED) is 0.711. The number of thiol groups is 1. The summed E-state index contributed by atoms with van der Waals surface area (Å²) in [4.78, 5) is 11.3. The molecule has 0 aromatic rings. The van der Waals surface area contributed by atoms with Crippen LogP contribution in [-0.4, -0.2) is 22.1 Å². The summed E-state index contributed by atoms with van der Waals surface area (Å²) in [7, 11) is 0. The fourth-order valence-electron chi connectivity index (χ4n) is 0.856. The second-order valence-electron chi connectivity index (χ2n) is 2.44. The zero-order valence-electron chi connectivity index (χ0n) is 7.83. The number of rotatable bonds is 2. The minimum absolute atomic E-state index is 0.329. The molecule has 0 spiro atoms. The highest BCUT2D eigenvalue weighted by atomic mass is 32.1. The van der Waals surface area contributed by atoms with Crippen molar-refractivity contribution in [1.82, 2.24) is 9.42 Å². The largest absolute Gasteiger partial charge is 0.448 e. The van der Waals surface area contributed by atoms with Gasteiger partial charge < -0.3 is 4.74 Å². The van der Waals surface area contributed by atoms with Gasteiger partial charge in [-0.3, -0.25) is 5.01 Å². The van der Waals surface area contributed by atoms with Crippen LogP contribution in [0.3, 0.4) is 0 Å². The summed E-state index contributed by atoms with van der Waals surface area (Å²) in [5, 5.41) is 1.51. The van der Waals surface area contributed by atoms with Crippen molar-refractivity contribution in [2.75, 3.05) is 6.61 Å². The molecule has 0 aliphatic carbocycles. The van der Waals surface area contributed by atoms with Gasteiger partial charge in [0.05, 0.1) is 6.61 Å². The van der Waals surface area contributed by atoms with Crippen LogP contribution in [0.5, 0.6) is 0 Å². The van der Waals surface area contributed by atoms with Gasteiger partial charge in [-0.1, -0.05) is 12.2 Å². The summed E-state index contributed by atoms with van der Waals surface area (Å²) >= 11 is 4.00. The van der Waals surface area contributed by atoms with Gasteiger partial charge in [0.1, 0.15) is 0 Å². The molecule has 0 fully saturated rings. The topological polar surface area (TPSA) is 32.8 Å². The minimum Gasteiger partial charge on any atom is -0.448 e. The number of hydrazine groups is 1. The lowest BCUT2D eigenvalue weighted by atomic mass is 10.5. The Bertz CT molecular complexity index is 271. The summed E-state index contributed by atoms with van der Waals surface area (Å²) in [6.07, 6.45) is 10.2. The van der Waals surface area contributed by atoms with E-state index in [1.165, 1.54) is 5.01 Å². The number of amides is 1.